The van der Waals surface area contributed by atoms with E-state index in [2.05, 4.69) is 49.6 Å². The number of halogens is 1. The average Bonchev–Trinajstić information content (AvgIpc) is 3.07. The molecule has 23 heavy (non-hydrogen) atoms. The molecule has 1 saturated heterocycles. The van der Waals surface area contributed by atoms with E-state index in [1.165, 1.54) is 5.56 Å². The normalized spacial score (nSPS) is 16.4. The second-order valence-corrected chi connectivity index (χ2v) is 7.98. The summed E-state index contributed by atoms with van der Waals surface area (Å²) in [7, 11) is 0. The molecular weight excluding hydrogens is 419 g/mol. The summed E-state index contributed by atoms with van der Waals surface area (Å²) in [4.78, 5) is 14.8. The van der Waals surface area contributed by atoms with E-state index in [1.54, 1.807) is 11.3 Å². The maximum Gasteiger partial charge on any atom is 0.252 e. The van der Waals surface area contributed by atoms with Gasteiger partial charge >= 0.3 is 0 Å². The highest BCUT2D eigenvalue weighted by Gasteiger charge is 2.20. The number of likely N-dealkylation sites (tertiary alicyclic amines) is 1. The van der Waals surface area contributed by atoms with E-state index in [0.717, 1.165) is 48.2 Å². The first-order chi connectivity index (χ1) is 11.2. The molecule has 0 unspecified atom stereocenters. The molecule has 1 aliphatic rings. The summed E-state index contributed by atoms with van der Waals surface area (Å²) in [5.41, 5.74) is 2.20. The topological polar surface area (TPSA) is 32.3 Å². The number of hydrogen-bond donors (Lipinski definition) is 1. The van der Waals surface area contributed by atoms with Crippen molar-refractivity contribution in [1.82, 2.24) is 10.2 Å². The third-order valence-corrected chi connectivity index (χ3v) is 6.04. The van der Waals surface area contributed by atoms with Gasteiger partial charge in [0.25, 0.3) is 5.91 Å². The second kappa shape index (κ2) is 8.26. The summed E-state index contributed by atoms with van der Waals surface area (Å²) in [6.45, 7) is 4.10. The third kappa shape index (κ3) is 4.78. The van der Waals surface area contributed by atoms with Crippen LogP contribution in [-0.4, -0.2) is 30.4 Å². The summed E-state index contributed by atoms with van der Waals surface area (Å²) >= 11 is 3.98. The van der Waals surface area contributed by atoms with Crippen LogP contribution in [0.5, 0.6) is 0 Å². The van der Waals surface area contributed by atoms with E-state index in [-0.39, 0.29) is 5.91 Å². The Morgan fingerprint density at radius 1 is 1.26 bits per heavy atom. The molecule has 5 heteroatoms. The summed E-state index contributed by atoms with van der Waals surface area (Å²) in [5, 5.41) is 7.48. The predicted octanol–water partition coefficient (Wildman–Crippen LogP) is 3.99. The molecule has 3 nitrogen and oxygen atoms in total. The second-order valence-electron chi connectivity index (χ2n) is 6.04. The fourth-order valence-corrected chi connectivity index (χ4v) is 4.26. The highest BCUT2D eigenvalue weighted by atomic mass is 127. The molecule has 1 fully saturated rings. The highest BCUT2D eigenvalue weighted by molar-refractivity contribution is 14.1. The van der Waals surface area contributed by atoms with Crippen molar-refractivity contribution in [2.45, 2.75) is 19.4 Å². The van der Waals surface area contributed by atoms with Crippen LogP contribution < -0.4 is 5.32 Å². The fourth-order valence-electron chi connectivity index (χ4n) is 2.97. The molecule has 2 aromatic rings. The molecule has 1 aromatic carbocycles. The quantitative estimate of drug-likeness (QED) is 0.714. The van der Waals surface area contributed by atoms with Gasteiger partial charge in [0.2, 0.25) is 0 Å². The van der Waals surface area contributed by atoms with Gasteiger partial charge < -0.3 is 5.32 Å². The number of piperidine rings is 1. The Morgan fingerprint density at radius 2 is 2.04 bits per heavy atom. The maximum absolute atomic E-state index is 12.3. The number of carbonyl (C=O) groups excluding carboxylic acids is 1. The lowest BCUT2D eigenvalue weighted by atomic mass is 9.96. The molecule has 0 bridgehead atoms. The molecule has 3 rings (SSSR count). The molecule has 0 aliphatic carbocycles. The van der Waals surface area contributed by atoms with Crippen molar-refractivity contribution in [3.8, 4) is 0 Å². The van der Waals surface area contributed by atoms with Gasteiger partial charge in [0.1, 0.15) is 0 Å². The van der Waals surface area contributed by atoms with Crippen molar-refractivity contribution in [3.05, 3.63) is 55.8 Å². The Kier molecular flexibility index (Phi) is 6.08. The molecule has 1 aromatic heterocycles. The van der Waals surface area contributed by atoms with Crippen molar-refractivity contribution in [2.75, 3.05) is 19.6 Å². The van der Waals surface area contributed by atoms with Crippen LogP contribution in [0.25, 0.3) is 0 Å². The monoisotopic (exact) mass is 440 g/mol. The van der Waals surface area contributed by atoms with Crippen LogP contribution in [0.15, 0.2) is 41.1 Å². The molecule has 0 atom stereocenters. The molecule has 0 saturated carbocycles. The lowest BCUT2D eigenvalue weighted by molar-refractivity contribution is 0.0934. The van der Waals surface area contributed by atoms with E-state index < -0.39 is 0 Å². The van der Waals surface area contributed by atoms with Gasteiger partial charge in [-0.3, -0.25) is 9.69 Å². The number of nitrogens with zero attached hydrogens (tertiary/aromatic N) is 1. The summed E-state index contributed by atoms with van der Waals surface area (Å²) < 4.78 is 1.01. The number of hydrogen-bond acceptors (Lipinski definition) is 3. The summed E-state index contributed by atoms with van der Waals surface area (Å²) in [6.07, 6.45) is 2.33. The van der Waals surface area contributed by atoms with Crippen LogP contribution in [0.4, 0.5) is 0 Å². The van der Waals surface area contributed by atoms with Crippen LogP contribution in [0.3, 0.4) is 0 Å². The molecule has 1 aliphatic heterocycles. The number of thiophene rings is 1. The smallest absolute Gasteiger partial charge is 0.252 e. The zero-order valence-corrected chi connectivity index (χ0v) is 16.0. The van der Waals surface area contributed by atoms with Crippen molar-refractivity contribution >= 4 is 39.8 Å². The molecule has 0 spiro atoms. The summed E-state index contributed by atoms with van der Waals surface area (Å²) in [6, 6.07) is 9.94. The van der Waals surface area contributed by atoms with Crippen LogP contribution in [-0.2, 0) is 6.54 Å². The number of carbonyl (C=O) groups is 1. The van der Waals surface area contributed by atoms with Gasteiger partial charge in [-0.1, -0.05) is 12.1 Å². The lowest BCUT2D eigenvalue weighted by Crippen LogP contribution is -2.38. The number of benzene rings is 1. The highest BCUT2D eigenvalue weighted by Crippen LogP contribution is 2.19. The van der Waals surface area contributed by atoms with Crippen LogP contribution in [0.2, 0.25) is 0 Å². The van der Waals surface area contributed by atoms with Gasteiger partial charge in [0.15, 0.2) is 0 Å². The van der Waals surface area contributed by atoms with Gasteiger partial charge in [-0.05, 0) is 89.0 Å². The Hall–Kier alpha value is -0.920. The fraction of sp³-hybridized carbons (Fsp3) is 0.389. The number of nitrogens with one attached hydrogen (secondary N) is 1. The van der Waals surface area contributed by atoms with Gasteiger partial charge in [0.05, 0.1) is 5.56 Å². The van der Waals surface area contributed by atoms with Crippen molar-refractivity contribution in [1.29, 1.82) is 0 Å². The summed E-state index contributed by atoms with van der Waals surface area (Å²) in [5.74, 6) is 0.648. The first-order valence-corrected chi connectivity index (χ1v) is 10.0. The SMILES string of the molecule is O=C(NCC1CCN(Cc2ccsc2)CC1)c1ccccc1I. The average molecular weight is 440 g/mol. The van der Waals surface area contributed by atoms with E-state index in [1.807, 2.05) is 24.3 Å². The number of rotatable bonds is 5. The van der Waals surface area contributed by atoms with E-state index >= 15 is 0 Å². The zero-order chi connectivity index (χ0) is 16.1. The number of amides is 1. The minimum atomic E-state index is 0.0516. The maximum atomic E-state index is 12.3. The van der Waals surface area contributed by atoms with Gasteiger partial charge in [-0.2, -0.15) is 11.3 Å². The Balaban J connectivity index is 1.42. The molecule has 1 amide bonds. The van der Waals surface area contributed by atoms with Gasteiger partial charge in [0, 0.05) is 16.7 Å². The molecular formula is C18H21IN2OS. The Morgan fingerprint density at radius 3 is 2.74 bits per heavy atom. The lowest BCUT2D eigenvalue weighted by Gasteiger charge is -2.31. The van der Waals surface area contributed by atoms with Crippen molar-refractivity contribution in [3.63, 3.8) is 0 Å². The van der Waals surface area contributed by atoms with Gasteiger partial charge in [-0.25, -0.2) is 0 Å². The predicted molar refractivity (Wildman–Crippen MR) is 104 cm³/mol. The standard InChI is InChI=1S/C18H21IN2OS/c19-17-4-2-1-3-16(17)18(22)20-11-14-5-8-21(9-6-14)12-15-7-10-23-13-15/h1-4,7,10,13-14H,5-6,8-9,11-12H2,(H,20,22). The van der Waals surface area contributed by atoms with Crippen LogP contribution in [0, 0.1) is 9.49 Å². The molecule has 122 valence electrons. The molecule has 2 heterocycles. The minimum absolute atomic E-state index is 0.0516. The minimum Gasteiger partial charge on any atom is -0.352 e. The first kappa shape index (κ1) is 16.9. The van der Waals surface area contributed by atoms with E-state index in [0.29, 0.717) is 5.92 Å². The Labute approximate surface area is 155 Å². The van der Waals surface area contributed by atoms with Crippen LogP contribution in [0.1, 0.15) is 28.8 Å². The first-order valence-electron chi connectivity index (χ1n) is 7.98. The third-order valence-electron chi connectivity index (χ3n) is 4.36. The largest absolute Gasteiger partial charge is 0.352 e. The Bertz CT molecular complexity index is 636. The molecule has 1 N–H and O–H groups in total. The zero-order valence-electron chi connectivity index (χ0n) is 13.0. The van der Waals surface area contributed by atoms with Crippen molar-refractivity contribution in [2.24, 2.45) is 5.92 Å². The van der Waals surface area contributed by atoms with Gasteiger partial charge in [-0.15, -0.1) is 0 Å². The van der Waals surface area contributed by atoms with E-state index in [4.69, 9.17) is 0 Å². The molecule has 0 radical (unpaired) electrons. The van der Waals surface area contributed by atoms with Crippen molar-refractivity contribution < 1.29 is 4.79 Å². The van der Waals surface area contributed by atoms with Crippen LogP contribution >= 0.6 is 33.9 Å². The van der Waals surface area contributed by atoms with E-state index in [9.17, 15) is 4.79 Å².